The van der Waals surface area contributed by atoms with Crippen LogP contribution in [-0.2, 0) is 6.42 Å². The molecule has 0 heterocycles. The highest BCUT2D eigenvalue weighted by Gasteiger charge is 2.20. The van der Waals surface area contributed by atoms with E-state index in [-0.39, 0.29) is 0 Å². The first kappa shape index (κ1) is 19.7. The van der Waals surface area contributed by atoms with E-state index in [9.17, 15) is 0 Å². The Hall–Kier alpha value is -2.04. The second kappa shape index (κ2) is 7.53. The average molecular weight is 371 g/mol. The van der Waals surface area contributed by atoms with E-state index in [2.05, 4.69) is 78.7 Å². The van der Waals surface area contributed by atoms with E-state index in [1.54, 1.807) is 0 Å². The first-order valence-electron chi connectivity index (χ1n) is 9.73. The highest BCUT2D eigenvalue weighted by atomic mass is 16.5. The summed E-state index contributed by atoms with van der Waals surface area (Å²) in [7, 11) is 13.1. The number of fused-ring (bicyclic) bond motifs is 3. The molecule has 0 aromatic heterocycles. The van der Waals surface area contributed by atoms with Gasteiger partial charge in [0.25, 0.3) is 0 Å². The van der Waals surface area contributed by atoms with E-state index in [0.717, 1.165) is 53.2 Å². The monoisotopic (exact) mass is 370 g/mol. The van der Waals surface area contributed by atoms with Crippen molar-refractivity contribution in [3.05, 3.63) is 47.5 Å². The summed E-state index contributed by atoms with van der Waals surface area (Å²) >= 11 is 0. The van der Waals surface area contributed by atoms with Crippen LogP contribution in [0.4, 0.5) is 0 Å². The van der Waals surface area contributed by atoms with Gasteiger partial charge in [0.2, 0.25) is 0 Å². The number of quaternary nitrogens is 2. The van der Waals surface area contributed by atoms with E-state index in [0.29, 0.717) is 0 Å². The van der Waals surface area contributed by atoms with Crippen LogP contribution in [0.15, 0.2) is 36.4 Å². The van der Waals surface area contributed by atoms with E-state index in [1.165, 1.54) is 22.3 Å². The molecule has 27 heavy (non-hydrogen) atoms. The molecule has 4 nitrogen and oxygen atoms in total. The van der Waals surface area contributed by atoms with Gasteiger partial charge in [-0.1, -0.05) is 12.1 Å². The van der Waals surface area contributed by atoms with Crippen molar-refractivity contribution in [1.29, 1.82) is 0 Å². The van der Waals surface area contributed by atoms with E-state index >= 15 is 0 Å². The van der Waals surface area contributed by atoms with Gasteiger partial charge in [-0.05, 0) is 52.9 Å². The Balaban J connectivity index is 1.67. The van der Waals surface area contributed by atoms with Crippen LogP contribution in [0.3, 0.4) is 0 Å². The Labute approximate surface area is 164 Å². The van der Waals surface area contributed by atoms with Gasteiger partial charge in [-0.15, -0.1) is 0 Å². The maximum absolute atomic E-state index is 5.99. The van der Waals surface area contributed by atoms with Gasteiger partial charge in [0, 0.05) is 0 Å². The van der Waals surface area contributed by atoms with Crippen LogP contribution >= 0.6 is 0 Å². The number of hydrogen-bond acceptors (Lipinski definition) is 2. The van der Waals surface area contributed by atoms with E-state index in [4.69, 9.17) is 9.47 Å². The fourth-order valence-electron chi connectivity index (χ4n) is 3.20. The predicted octanol–water partition coefficient (Wildman–Crippen LogP) is 3.43. The summed E-state index contributed by atoms with van der Waals surface area (Å²) in [5, 5.41) is 0. The van der Waals surface area contributed by atoms with Gasteiger partial charge in [-0.2, -0.15) is 0 Å². The molecule has 0 radical (unpaired) electrons. The molecule has 0 bridgehead atoms. The molecule has 0 saturated heterocycles. The van der Waals surface area contributed by atoms with Gasteiger partial charge in [-0.25, -0.2) is 0 Å². The van der Waals surface area contributed by atoms with Crippen LogP contribution in [0.25, 0.3) is 11.1 Å². The smallest absolute Gasteiger partial charge is 0.137 e. The van der Waals surface area contributed by atoms with E-state index in [1.807, 2.05) is 0 Å². The number of hydrogen-bond donors (Lipinski definition) is 0. The zero-order valence-corrected chi connectivity index (χ0v) is 17.7. The summed E-state index contributed by atoms with van der Waals surface area (Å²) in [5.41, 5.74) is 5.32. The van der Waals surface area contributed by atoms with Crippen LogP contribution in [0.5, 0.6) is 11.5 Å². The van der Waals surface area contributed by atoms with Crippen molar-refractivity contribution in [3.8, 4) is 22.6 Å². The normalized spacial score (nSPS) is 13.3. The molecule has 0 amide bonds. The van der Waals surface area contributed by atoms with Gasteiger partial charge in [0.15, 0.2) is 0 Å². The van der Waals surface area contributed by atoms with Gasteiger partial charge < -0.3 is 18.4 Å². The van der Waals surface area contributed by atoms with Crippen LogP contribution in [0.2, 0.25) is 0 Å². The molecule has 3 rings (SSSR count). The van der Waals surface area contributed by atoms with Crippen molar-refractivity contribution in [3.63, 3.8) is 0 Å². The summed E-state index contributed by atoms with van der Waals surface area (Å²) in [5.74, 6) is 1.92. The first-order valence-corrected chi connectivity index (χ1v) is 9.73. The summed E-state index contributed by atoms with van der Waals surface area (Å²) in [4.78, 5) is 0. The lowest BCUT2D eigenvalue weighted by atomic mass is 10.1. The lowest BCUT2D eigenvalue weighted by Crippen LogP contribution is -2.38. The molecular weight excluding hydrogens is 336 g/mol. The van der Waals surface area contributed by atoms with Crippen molar-refractivity contribution >= 4 is 0 Å². The topological polar surface area (TPSA) is 18.5 Å². The quantitative estimate of drug-likeness (QED) is 0.566. The number of likely N-dealkylation sites (N-methyl/N-ethyl adjacent to an activating group) is 2. The molecule has 2 aromatic rings. The average Bonchev–Trinajstić information content (AvgIpc) is 2.89. The van der Waals surface area contributed by atoms with Crippen molar-refractivity contribution in [2.75, 3.05) is 68.6 Å². The lowest BCUT2D eigenvalue weighted by Gasteiger charge is -2.23. The number of ether oxygens (including phenoxy) is 2. The summed E-state index contributed by atoms with van der Waals surface area (Å²) in [6.45, 7) is 3.45. The minimum absolute atomic E-state index is 0.730. The van der Waals surface area contributed by atoms with Gasteiger partial charge in [0.05, 0.1) is 42.3 Å². The minimum Gasteiger partial charge on any atom is -0.488 e. The highest BCUT2D eigenvalue weighted by molar-refractivity contribution is 5.78. The Kier molecular flexibility index (Phi) is 5.50. The van der Waals surface area contributed by atoms with Crippen LogP contribution in [-0.4, -0.2) is 77.6 Å². The van der Waals surface area contributed by atoms with Gasteiger partial charge in [-0.3, -0.25) is 0 Å². The lowest BCUT2D eigenvalue weighted by molar-refractivity contribution is -0.870. The zero-order chi connectivity index (χ0) is 19.7. The number of nitrogens with zero attached hydrogens (tertiary/aromatic N) is 2. The third-order valence-corrected chi connectivity index (χ3v) is 4.89. The fraction of sp³-hybridized carbons (Fsp3) is 0.478. The maximum atomic E-state index is 5.99. The molecule has 0 atom stereocenters. The molecule has 2 aromatic carbocycles. The Morgan fingerprint density at radius 1 is 0.667 bits per heavy atom. The fourth-order valence-corrected chi connectivity index (χ4v) is 3.20. The zero-order valence-electron chi connectivity index (χ0n) is 17.7. The first-order chi connectivity index (χ1) is 12.6. The molecule has 0 saturated carbocycles. The number of benzene rings is 2. The molecule has 1 aliphatic rings. The Bertz CT molecular complexity index is 801. The Morgan fingerprint density at radius 3 is 1.81 bits per heavy atom. The minimum atomic E-state index is 0.730. The summed E-state index contributed by atoms with van der Waals surface area (Å²) in [6, 6.07) is 13.0. The van der Waals surface area contributed by atoms with Crippen molar-refractivity contribution in [2.45, 2.75) is 6.42 Å². The third kappa shape index (κ3) is 5.47. The van der Waals surface area contributed by atoms with Crippen LogP contribution in [0, 0.1) is 0 Å². The largest absolute Gasteiger partial charge is 0.488 e. The van der Waals surface area contributed by atoms with Crippen LogP contribution in [0.1, 0.15) is 11.1 Å². The van der Waals surface area contributed by atoms with E-state index < -0.39 is 0 Å². The maximum Gasteiger partial charge on any atom is 0.137 e. The van der Waals surface area contributed by atoms with Gasteiger partial charge in [0.1, 0.15) is 37.8 Å². The molecule has 0 N–H and O–H groups in total. The van der Waals surface area contributed by atoms with Gasteiger partial charge >= 0.3 is 0 Å². The highest BCUT2D eigenvalue weighted by Crippen LogP contribution is 2.40. The predicted molar refractivity (Wildman–Crippen MR) is 111 cm³/mol. The molecule has 0 unspecified atom stereocenters. The third-order valence-electron chi connectivity index (χ3n) is 4.89. The van der Waals surface area contributed by atoms with Crippen molar-refractivity contribution in [2.24, 2.45) is 0 Å². The van der Waals surface area contributed by atoms with Crippen molar-refractivity contribution in [1.82, 2.24) is 0 Å². The Morgan fingerprint density at radius 2 is 1.22 bits per heavy atom. The number of rotatable bonds is 8. The standard InChI is InChI=1S/C23H34N2O2/c1-24(2,3)11-13-26-20-9-10-22-19(16-20)15-18-7-8-21(17-23(18)22)27-14-12-25(4,5)6/h7-10,16-17H,11-15H2,1-6H3/q+2. The molecule has 0 spiro atoms. The molecule has 4 heteroatoms. The molecule has 0 fully saturated rings. The SMILES string of the molecule is C[N+](C)(C)CCOc1ccc2c(c1)Cc1ccc(OCC[N+](C)(C)C)cc1-2. The summed E-state index contributed by atoms with van der Waals surface area (Å²) in [6.07, 6.45) is 0.969. The second-order valence-electron chi connectivity index (χ2n) is 9.54. The molecule has 1 aliphatic carbocycles. The second-order valence-corrected chi connectivity index (χ2v) is 9.54. The molecule has 0 aliphatic heterocycles. The summed E-state index contributed by atoms with van der Waals surface area (Å²) < 4.78 is 13.8. The van der Waals surface area contributed by atoms with Crippen LogP contribution < -0.4 is 9.47 Å². The molecular formula is C23H34N2O2+2. The molecule has 146 valence electrons. The van der Waals surface area contributed by atoms with Crippen molar-refractivity contribution < 1.29 is 18.4 Å².